The Morgan fingerprint density at radius 3 is 2.68 bits per heavy atom. The molecule has 34 heavy (non-hydrogen) atoms. The van der Waals surface area contributed by atoms with E-state index in [9.17, 15) is 9.90 Å². The fourth-order valence-electron chi connectivity index (χ4n) is 5.52. The molecule has 2 atom stereocenters. The number of aliphatic carboxylic acids is 1. The van der Waals surface area contributed by atoms with Crippen molar-refractivity contribution in [2.45, 2.75) is 57.3 Å². The average molecular weight is 582 g/mol. The van der Waals surface area contributed by atoms with Gasteiger partial charge < -0.3 is 0 Å². The molecule has 2 saturated carbocycles. The summed E-state index contributed by atoms with van der Waals surface area (Å²) in [5.74, 6) is 1.64. The zero-order chi connectivity index (χ0) is 23.1. The molecule has 2 unspecified atom stereocenters. The van der Waals surface area contributed by atoms with Crippen molar-refractivity contribution in [1.82, 2.24) is 20.2 Å². The number of piperidine rings is 1. The van der Waals surface area contributed by atoms with Gasteiger partial charge in [0.1, 0.15) is 0 Å². The summed E-state index contributed by atoms with van der Waals surface area (Å²) in [7, 11) is 0. The summed E-state index contributed by atoms with van der Waals surface area (Å²) < 4.78 is 2.36. The maximum absolute atomic E-state index is 11.2. The minimum absolute atomic E-state index is 0.230. The molecule has 0 spiro atoms. The molecule has 1 saturated heterocycles. The Morgan fingerprint density at radius 2 is 1.88 bits per heavy atom. The second kappa shape index (κ2) is 9.68. The predicted molar refractivity (Wildman–Crippen MR) is 134 cm³/mol. The van der Waals surface area contributed by atoms with Crippen LogP contribution in [0, 0.1) is 17.8 Å². The monoisotopic (exact) mass is 583 g/mol. The van der Waals surface area contributed by atoms with Gasteiger partial charge in [-0.1, -0.05) is 0 Å². The number of anilines is 1. The molecular formula is C25H29N5O2SSn. The number of carbonyl (C=O) groups is 1. The van der Waals surface area contributed by atoms with E-state index < -0.39 is 27.1 Å². The first-order chi connectivity index (χ1) is 16.6. The summed E-state index contributed by atoms with van der Waals surface area (Å²) in [4.78, 5) is 23.1. The van der Waals surface area contributed by atoms with Gasteiger partial charge in [0.05, 0.1) is 0 Å². The van der Waals surface area contributed by atoms with E-state index in [-0.39, 0.29) is 5.92 Å². The Balaban J connectivity index is 1.12. The molecular weight excluding hydrogens is 553 g/mol. The third-order valence-electron chi connectivity index (χ3n) is 7.66. The molecule has 0 bridgehead atoms. The van der Waals surface area contributed by atoms with Gasteiger partial charge >= 0.3 is 214 Å². The molecule has 0 aromatic carbocycles. The van der Waals surface area contributed by atoms with Crippen LogP contribution in [0.4, 0.5) is 5.69 Å². The van der Waals surface area contributed by atoms with Crippen LogP contribution >= 0.6 is 11.3 Å². The van der Waals surface area contributed by atoms with Crippen molar-refractivity contribution < 1.29 is 9.90 Å². The molecule has 176 valence electrons. The van der Waals surface area contributed by atoms with Crippen molar-refractivity contribution in [1.29, 1.82) is 0 Å². The van der Waals surface area contributed by atoms with Crippen molar-refractivity contribution in [3.8, 4) is 0 Å². The average Bonchev–Trinajstić information content (AvgIpc) is 3.34. The molecule has 2 radical (unpaired) electrons. The zero-order valence-corrected chi connectivity index (χ0v) is 22.9. The van der Waals surface area contributed by atoms with E-state index in [1.165, 1.54) is 46.6 Å². The van der Waals surface area contributed by atoms with Crippen LogP contribution in [0.3, 0.4) is 0 Å². The first-order valence-corrected chi connectivity index (χ1v) is 16.1. The van der Waals surface area contributed by atoms with Crippen LogP contribution in [-0.4, -0.2) is 65.5 Å². The summed E-state index contributed by atoms with van der Waals surface area (Å²) in [5, 5.41) is 19.7. The van der Waals surface area contributed by atoms with Crippen LogP contribution in [0.25, 0.3) is 11.0 Å². The molecule has 7 nitrogen and oxygen atoms in total. The number of nitrogens with zero attached hydrogens (tertiary/aromatic N) is 5. The van der Waals surface area contributed by atoms with Crippen LogP contribution in [0.2, 0.25) is 0 Å². The van der Waals surface area contributed by atoms with Gasteiger partial charge in [-0.25, -0.2) is 0 Å². The fraction of sp³-hybridized carbons (Fsp3) is 0.560. The zero-order valence-electron chi connectivity index (χ0n) is 19.2. The van der Waals surface area contributed by atoms with E-state index in [0.29, 0.717) is 18.8 Å². The van der Waals surface area contributed by atoms with Gasteiger partial charge in [-0.3, -0.25) is 0 Å². The molecule has 0 amide bonds. The summed E-state index contributed by atoms with van der Waals surface area (Å²) in [6.45, 7) is 1.49. The molecule has 6 rings (SSSR count). The summed E-state index contributed by atoms with van der Waals surface area (Å²) in [5.41, 5.74) is 2.85. The molecule has 9 heteroatoms. The Labute approximate surface area is 213 Å². The number of hydrogen-bond donors (Lipinski definition) is 1. The number of pyridine rings is 2. The molecule has 3 fully saturated rings. The van der Waals surface area contributed by atoms with E-state index in [1.807, 2.05) is 17.5 Å². The van der Waals surface area contributed by atoms with Crippen molar-refractivity contribution in [3.63, 3.8) is 0 Å². The molecule has 3 aromatic heterocycles. The van der Waals surface area contributed by atoms with Crippen LogP contribution in [0.15, 0.2) is 24.4 Å². The SMILES string of the molecule is O=C(O)C1CCN(c2cnc3cc[c]([Sn][c]4nnc(C5CCC(CC6CC6)C5)s4)nc3c2)CC1. The Kier molecular flexibility index (Phi) is 6.45. The standard InChI is InChI=1S/C14H14N3O2.C11H15N2S.Sn/c18-14(19)10-3-6-17(7-4-10)11-8-13-12(16-9-11)2-1-5-15-13;1-2-8(1)5-9-3-4-10(6-9)11-13-12-7-14-11;/h1-2,8-10H,3-4,6-7H2,(H,18,19);8-10H,1-6H2;. The van der Waals surface area contributed by atoms with Crippen LogP contribution in [-0.2, 0) is 4.79 Å². The van der Waals surface area contributed by atoms with Crippen LogP contribution in [0.1, 0.15) is 62.3 Å². The number of fused-ring (bicyclic) bond motifs is 1. The van der Waals surface area contributed by atoms with E-state index in [2.05, 4.69) is 38.3 Å². The quantitative estimate of drug-likeness (QED) is 0.429. The number of rotatable bonds is 7. The van der Waals surface area contributed by atoms with Crippen molar-refractivity contribution in [2.24, 2.45) is 17.8 Å². The molecule has 2 aliphatic carbocycles. The summed E-state index contributed by atoms with van der Waals surface area (Å²) in [6, 6.07) is 6.29. The van der Waals surface area contributed by atoms with Gasteiger partial charge in [0, 0.05) is 0 Å². The van der Waals surface area contributed by atoms with Crippen LogP contribution in [0.5, 0.6) is 0 Å². The van der Waals surface area contributed by atoms with Gasteiger partial charge in [-0.05, 0) is 0 Å². The number of carboxylic acids is 1. The third kappa shape index (κ3) is 5.08. The van der Waals surface area contributed by atoms with Crippen molar-refractivity contribution in [2.75, 3.05) is 18.0 Å². The molecule has 4 heterocycles. The topological polar surface area (TPSA) is 92.1 Å². The van der Waals surface area contributed by atoms with Crippen molar-refractivity contribution >= 4 is 61.9 Å². The molecule has 3 aromatic rings. The Morgan fingerprint density at radius 1 is 1.06 bits per heavy atom. The second-order valence-electron chi connectivity index (χ2n) is 10.2. The molecule has 3 aliphatic rings. The number of carboxylic acid groups (broad SMARTS) is 1. The Hall–Kier alpha value is -1.81. The van der Waals surface area contributed by atoms with E-state index in [0.717, 1.165) is 45.4 Å². The van der Waals surface area contributed by atoms with Gasteiger partial charge in [0.2, 0.25) is 0 Å². The van der Waals surface area contributed by atoms with Gasteiger partial charge in [-0.15, -0.1) is 0 Å². The third-order valence-corrected chi connectivity index (χ3v) is 12.5. The van der Waals surface area contributed by atoms with Gasteiger partial charge in [0.15, 0.2) is 0 Å². The number of aromatic nitrogens is 4. The fourth-order valence-corrected chi connectivity index (χ4v) is 10.2. The summed E-state index contributed by atoms with van der Waals surface area (Å²) >= 11 is 0.734. The normalized spacial score (nSPS) is 23.6. The predicted octanol–water partition coefficient (Wildman–Crippen LogP) is 3.12. The van der Waals surface area contributed by atoms with E-state index in [4.69, 9.17) is 4.98 Å². The maximum atomic E-state index is 11.2. The first kappa shape index (κ1) is 22.6. The summed E-state index contributed by atoms with van der Waals surface area (Å²) in [6.07, 6.45) is 11.5. The first-order valence-electron chi connectivity index (χ1n) is 12.5. The van der Waals surface area contributed by atoms with Crippen molar-refractivity contribution in [3.05, 3.63) is 29.4 Å². The molecule has 1 N–H and O–H groups in total. The minimum atomic E-state index is -1.10. The van der Waals surface area contributed by atoms with Gasteiger partial charge in [-0.2, -0.15) is 0 Å². The molecule has 1 aliphatic heterocycles. The van der Waals surface area contributed by atoms with Gasteiger partial charge in [0.25, 0.3) is 0 Å². The van der Waals surface area contributed by atoms with E-state index in [1.54, 1.807) is 0 Å². The van der Waals surface area contributed by atoms with E-state index >= 15 is 0 Å². The Bertz CT molecular complexity index is 1190. The number of hydrogen-bond acceptors (Lipinski definition) is 7. The van der Waals surface area contributed by atoms with Crippen LogP contribution < -0.4 is 11.6 Å². The second-order valence-corrected chi connectivity index (χ2v) is 15.7.